The second-order valence-electron chi connectivity index (χ2n) is 1.24. The molecule has 0 bridgehead atoms. The number of hydrogen-bond donors (Lipinski definition) is 0. The monoisotopic (exact) mass is 184 g/mol. The molecule has 0 atom stereocenters. The van der Waals surface area contributed by atoms with Crippen LogP contribution in [0.1, 0.15) is 6.42 Å². The Kier molecular flexibility index (Phi) is 5.27. The van der Waals surface area contributed by atoms with Gasteiger partial charge in [-0.1, -0.05) is 22.0 Å². The minimum atomic E-state index is -2.30. The van der Waals surface area contributed by atoms with E-state index in [1.807, 2.05) is 0 Å². The summed E-state index contributed by atoms with van der Waals surface area (Å²) in [6.45, 7) is 0. The lowest BCUT2D eigenvalue weighted by molar-refractivity contribution is 0.204. The smallest absolute Gasteiger partial charge is 0.206 e. The van der Waals surface area contributed by atoms with Crippen molar-refractivity contribution in [3.8, 4) is 0 Å². The maximum Gasteiger partial charge on any atom is 0.257 e. The Morgan fingerprint density at radius 2 is 2.12 bits per heavy atom. The van der Waals surface area contributed by atoms with Crippen LogP contribution < -0.4 is 0 Å². The van der Waals surface area contributed by atoms with Crippen LogP contribution >= 0.6 is 15.9 Å². The molecule has 48 valence electrons. The number of halogens is 3. The highest BCUT2D eigenvalue weighted by molar-refractivity contribution is 9.09. The molecule has 0 aliphatic rings. The van der Waals surface area contributed by atoms with Gasteiger partial charge < -0.3 is 0 Å². The Hall–Kier alpha value is 0.0800. The van der Waals surface area contributed by atoms with Crippen molar-refractivity contribution in [2.24, 2.45) is 0 Å². The first-order chi connectivity index (χ1) is 3.77. The van der Waals surface area contributed by atoms with E-state index in [9.17, 15) is 8.78 Å². The number of hydrogen-bond acceptors (Lipinski definition) is 0. The van der Waals surface area contributed by atoms with Gasteiger partial charge in [-0.05, 0) is 12.5 Å². The molecular weight excluding hydrogens is 178 g/mol. The Bertz CT molecular complexity index is 70.8. The van der Waals surface area contributed by atoms with Gasteiger partial charge in [-0.15, -0.1) is 0 Å². The zero-order chi connectivity index (χ0) is 6.41. The summed E-state index contributed by atoms with van der Waals surface area (Å²) in [6, 6.07) is 0. The van der Waals surface area contributed by atoms with Gasteiger partial charge in [0.1, 0.15) is 0 Å². The van der Waals surface area contributed by atoms with Gasteiger partial charge in [-0.3, -0.25) is 0 Å². The fourth-order valence-electron chi connectivity index (χ4n) is 0.262. The fraction of sp³-hybridized carbons (Fsp3) is 0.600. The van der Waals surface area contributed by atoms with Crippen molar-refractivity contribution >= 4 is 15.9 Å². The third kappa shape index (κ3) is 6.08. The van der Waals surface area contributed by atoms with E-state index >= 15 is 0 Å². The van der Waals surface area contributed by atoms with E-state index in [1.54, 1.807) is 0 Å². The van der Waals surface area contributed by atoms with Crippen LogP contribution in [0.3, 0.4) is 0 Å². The molecular formula is C5H7BrF2. The predicted molar refractivity (Wildman–Crippen MR) is 33.6 cm³/mol. The van der Waals surface area contributed by atoms with E-state index in [0.717, 1.165) is 11.4 Å². The minimum absolute atomic E-state index is 0.671. The lowest BCUT2D eigenvalue weighted by Gasteiger charge is -1.83. The third-order valence-corrected chi connectivity index (χ3v) is 1.02. The van der Waals surface area contributed by atoms with E-state index in [-0.39, 0.29) is 0 Å². The molecule has 8 heavy (non-hydrogen) atoms. The van der Waals surface area contributed by atoms with Crippen LogP contribution in [0.25, 0.3) is 0 Å². The van der Waals surface area contributed by atoms with E-state index in [1.165, 1.54) is 6.08 Å². The SMILES string of the molecule is FC(F)/C=C/CCBr. The van der Waals surface area contributed by atoms with E-state index in [4.69, 9.17) is 0 Å². The normalized spacial score (nSPS) is 11.5. The summed E-state index contributed by atoms with van der Waals surface area (Å²) < 4.78 is 22.5. The molecule has 0 amide bonds. The van der Waals surface area contributed by atoms with Gasteiger partial charge in [0, 0.05) is 5.33 Å². The Labute approximate surface area is 55.7 Å². The van der Waals surface area contributed by atoms with E-state index in [2.05, 4.69) is 15.9 Å². The van der Waals surface area contributed by atoms with Gasteiger partial charge in [0.15, 0.2) is 0 Å². The maximum atomic E-state index is 11.3. The zero-order valence-corrected chi connectivity index (χ0v) is 5.87. The topological polar surface area (TPSA) is 0 Å². The molecule has 0 heterocycles. The van der Waals surface area contributed by atoms with Crippen molar-refractivity contribution in [3.05, 3.63) is 12.2 Å². The summed E-state index contributed by atoms with van der Waals surface area (Å²) in [5.74, 6) is 0. The fourth-order valence-corrected chi connectivity index (χ4v) is 0.526. The lowest BCUT2D eigenvalue weighted by atomic mass is 10.4. The molecule has 0 N–H and O–H groups in total. The molecule has 0 saturated carbocycles. The Balaban J connectivity index is 3.07. The second-order valence-corrected chi connectivity index (χ2v) is 2.03. The molecule has 0 fully saturated rings. The predicted octanol–water partition coefficient (Wildman–Crippen LogP) is 2.59. The van der Waals surface area contributed by atoms with Gasteiger partial charge in [0.2, 0.25) is 0 Å². The van der Waals surface area contributed by atoms with Crippen LogP contribution in [0.2, 0.25) is 0 Å². The first-order valence-corrected chi connectivity index (χ1v) is 3.40. The molecule has 0 aromatic carbocycles. The molecule has 0 nitrogen and oxygen atoms in total. The van der Waals surface area contributed by atoms with Crippen LogP contribution in [0.5, 0.6) is 0 Å². The van der Waals surface area contributed by atoms with Gasteiger partial charge in [0.25, 0.3) is 6.43 Å². The molecule has 0 rings (SSSR count). The van der Waals surface area contributed by atoms with Crippen LogP contribution in [0.15, 0.2) is 12.2 Å². The van der Waals surface area contributed by atoms with Crippen LogP contribution in [0.4, 0.5) is 8.78 Å². The van der Waals surface area contributed by atoms with Crippen molar-refractivity contribution < 1.29 is 8.78 Å². The molecule has 0 saturated heterocycles. The third-order valence-electron chi connectivity index (χ3n) is 0.557. The number of alkyl halides is 3. The zero-order valence-electron chi connectivity index (χ0n) is 4.28. The molecule has 0 radical (unpaired) electrons. The highest BCUT2D eigenvalue weighted by Crippen LogP contribution is 1.96. The molecule has 0 aliphatic heterocycles. The van der Waals surface area contributed by atoms with Crippen molar-refractivity contribution in [1.82, 2.24) is 0 Å². The number of allylic oxidation sites excluding steroid dienone is 2. The summed E-state index contributed by atoms with van der Waals surface area (Å²) in [4.78, 5) is 0. The average molecular weight is 185 g/mol. The average Bonchev–Trinajstić information content (AvgIpc) is 1.66. The Morgan fingerprint density at radius 1 is 1.50 bits per heavy atom. The highest BCUT2D eigenvalue weighted by Gasteiger charge is 1.89. The van der Waals surface area contributed by atoms with Crippen LogP contribution in [-0.2, 0) is 0 Å². The molecule has 3 heteroatoms. The molecule has 0 aromatic rings. The quantitative estimate of drug-likeness (QED) is 0.468. The molecule has 0 aliphatic carbocycles. The van der Waals surface area contributed by atoms with Crippen molar-refractivity contribution in [3.63, 3.8) is 0 Å². The highest BCUT2D eigenvalue weighted by atomic mass is 79.9. The molecule has 0 aromatic heterocycles. The summed E-state index contributed by atoms with van der Waals surface area (Å²) in [5.41, 5.74) is 0. The lowest BCUT2D eigenvalue weighted by Crippen LogP contribution is -1.79. The minimum Gasteiger partial charge on any atom is -0.206 e. The van der Waals surface area contributed by atoms with Gasteiger partial charge in [0.05, 0.1) is 0 Å². The van der Waals surface area contributed by atoms with Crippen molar-refractivity contribution in [1.29, 1.82) is 0 Å². The van der Waals surface area contributed by atoms with Crippen molar-refractivity contribution in [2.75, 3.05) is 5.33 Å². The summed E-state index contributed by atoms with van der Waals surface area (Å²) in [7, 11) is 0. The standard InChI is InChI=1S/C5H7BrF2/c6-4-2-1-3-5(7)8/h1,3,5H,2,4H2/b3-1+. The first kappa shape index (κ1) is 8.08. The van der Waals surface area contributed by atoms with Crippen LogP contribution in [-0.4, -0.2) is 11.8 Å². The van der Waals surface area contributed by atoms with Crippen molar-refractivity contribution in [2.45, 2.75) is 12.8 Å². The van der Waals surface area contributed by atoms with Gasteiger partial charge in [-0.25, -0.2) is 8.78 Å². The molecule has 0 spiro atoms. The second kappa shape index (κ2) is 5.22. The summed E-state index contributed by atoms with van der Waals surface area (Å²) in [5, 5.41) is 0.746. The summed E-state index contributed by atoms with van der Waals surface area (Å²) >= 11 is 3.10. The number of rotatable bonds is 3. The van der Waals surface area contributed by atoms with E-state index < -0.39 is 6.43 Å². The van der Waals surface area contributed by atoms with Gasteiger partial charge in [-0.2, -0.15) is 0 Å². The van der Waals surface area contributed by atoms with Gasteiger partial charge >= 0.3 is 0 Å². The Morgan fingerprint density at radius 3 is 2.50 bits per heavy atom. The van der Waals surface area contributed by atoms with Crippen LogP contribution in [0, 0.1) is 0 Å². The first-order valence-electron chi connectivity index (χ1n) is 2.28. The summed E-state index contributed by atoms with van der Waals surface area (Å²) in [6.07, 6.45) is 0.722. The molecule has 0 unspecified atom stereocenters. The largest absolute Gasteiger partial charge is 0.257 e. The maximum absolute atomic E-state index is 11.3. The van der Waals surface area contributed by atoms with E-state index in [0.29, 0.717) is 6.42 Å².